The van der Waals surface area contributed by atoms with Crippen LogP contribution in [0.25, 0.3) is 0 Å². The lowest BCUT2D eigenvalue weighted by Gasteiger charge is -2.35. The second-order valence-electron chi connectivity index (χ2n) is 6.94. The number of nitrogens with zero attached hydrogens (tertiary/aromatic N) is 6. The predicted molar refractivity (Wildman–Crippen MR) is 94.8 cm³/mol. The number of amides is 2. The summed E-state index contributed by atoms with van der Waals surface area (Å²) < 4.78 is 6.59. The Morgan fingerprint density at radius 3 is 2.44 bits per heavy atom. The van der Waals surface area contributed by atoms with E-state index in [1.165, 1.54) is 16.6 Å². The Morgan fingerprint density at radius 1 is 1.11 bits per heavy atom. The number of carbonyl (C=O) groups excluding carboxylic acids is 2. The number of benzene rings is 1. The SMILES string of the molecule is COc1ccc([C@@H]2C[C@H]2C(=O)N2CCN(C(=O)Cn3cnnn3)CC2)cc1. The molecule has 0 radical (unpaired) electrons. The third-order valence-electron chi connectivity index (χ3n) is 5.28. The molecule has 27 heavy (non-hydrogen) atoms. The number of carbonyl (C=O) groups is 2. The van der Waals surface area contributed by atoms with Crippen molar-refractivity contribution >= 4 is 11.8 Å². The van der Waals surface area contributed by atoms with Gasteiger partial charge in [-0.05, 0) is 40.5 Å². The fourth-order valence-corrected chi connectivity index (χ4v) is 3.59. The average Bonchev–Trinajstić information content (AvgIpc) is 3.35. The molecule has 1 saturated heterocycles. The van der Waals surface area contributed by atoms with Crippen molar-refractivity contribution in [3.8, 4) is 5.75 Å². The van der Waals surface area contributed by atoms with Crippen molar-refractivity contribution in [2.24, 2.45) is 5.92 Å². The van der Waals surface area contributed by atoms with E-state index in [0.29, 0.717) is 32.1 Å². The minimum absolute atomic E-state index is 0.0306. The average molecular weight is 370 g/mol. The molecule has 0 spiro atoms. The Kier molecular flexibility index (Phi) is 4.74. The fraction of sp³-hybridized carbons (Fsp3) is 0.500. The summed E-state index contributed by atoms with van der Waals surface area (Å²) in [5, 5.41) is 10.8. The largest absolute Gasteiger partial charge is 0.497 e. The van der Waals surface area contributed by atoms with Gasteiger partial charge in [-0.3, -0.25) is 9.59 Å². The van der Waals surface area contributed by atoms with Gasteiger partial charge in [-0.25, -0.2) is 4.68 Å². The number of ether oxygens (including phenoxy) is 1. The van der Waals surface area contributed by atoms with Crippen LogP contribution in [-0.4, -0.2) is 75.1 Å². The molecule has 0 N–H and O–H groups in total. The first kappa shape index (κ1) is 17.4. The number of aromatic nitrogens is 4. The van der Waals surface area contributed by atoms with Gasteiger partial charge in [0.15, 0.2) is 0 Å². The molecule has 1 aliphatic carbocycles. The zero-order valence-corrected chi connectivity index (χ0v) is 15.2. The summed E-state index contributed by atoms with van der Waals surface area (Å²) in [6, 6.07) is 7.94. The van der Waals surface area contributed by atoms with E-state index in [1.54, 1.807) is 12.0 Å². The third kappa shape index (κ3) is 3.76. The van der Waals surface area contributed by atoms with Crippen LogP contribution in [0, 0.1) is 5.92 Å². The molecule has 2 aromatic rings. The fourth-order valence-electron chi connectivity index (χ4n) is 3.59. The normalized spacial score (nSPS) is 21.8. The minimum Gasteiger partial charge on any atom is -0.497 e. The van der Waals surface area contributed by atoms with Crippen LogP contribution >= 0.6 is 0 Å². The summed E-state index contributed by atoms with van der Waals surface area (Å²) in [5.74, 6) is 1.34. The molecule has 1 aliphatic heterocycles. The molecule has 2 aliphatic rings. The second-order valence-corrected chi connectivity index (χ2v) is 6.94. The van der Waals surface area contributed by atoms with Crippen LogP contribution in [-0.2, 0) is 16.1 Å². The van der Waals surface area contributed by atoms with E-state index in [-0.39, 0.29) is 24.3 Å². The van der Waals surface area contributed by atoms with Crippen LogP contribution in [0.4, 0.5) is 0 Å². The Labute approximate surface area is 156 Å². The summed E-state index contributed by atoms with van der Waals surface area (Å²) in [4.78, 5) is 28.7. The molecule has 142 valence electrons. The van der Waals surface area contributed by atoms with Crippen LogP contribution in [0.5, 0.6) is 5.75 Å². The van der Waals surface area contributed by atoms with Crippen molar-refractivity contribution in [2.75, 3.05) is 33.3 Å². The van der Waals surface area contributed by atoms with E-state index in [2.05, 4.69) is 15.5 Å². The van der Waals surface area contributed by atoms with Crippen LogP contribution in [0.15, 0.2) is 30.6 Å². The first-order chi connectivity index (χ1) is 13.2. The molecular weight excluding hydrogens is 348 g/mol. The van der Waals surface area contributed by atoms with Gasteiger partial charge in [0.25, 0.3) is 0 Å². The van der Waals surface area contributed by atoms with E-state index in [1.807, 2.05) is 29.2 Å². The highest BCUT2D eigenvalue weighted by molar-refractivity contribution is 5.83. The monoisotopic (exact) mass is 370 g/mol. The predicted octanol–water partition coefficient (Wildman–Crippen LogP) is 0.156. The minimum atomic E-state index is -0.0306. The van der Waals surface area contributed by atoms with Crippen LogP contribution in [0.1, 0.15) is 17.9 Å². The zero-order chi connectivity index (χ0) is 18.8. The lowest BCUT2D eigenvalue weighted by atomic mass is 10.1. The Morgan fingerprint density at radius 2 is 1.81 bits per heavy atom. The van der Waals surface area contributed by atoms with E-state index < -0.39 is 0 Å². The summed E-state index contributed by atoms with van der Waals surface area (Å²) in [6.45, 7) is 2.38. The van der Waals surface area contributed by atoms with Gasteiger partial charge in [-0.2, -0.15) is 0 Å². The second kappa shape index (κ2) is 7.34. The smallest absolute Gasteiger partial charge is 0.244 e. The highest BCUT2D eigenvalue weighted by atomic mass is 16.5. The molecule has 2 heterocycles. The maximum absolute atomic E-state index is 12.8. The summed E-state index contributed by atoms with van der Waals surface area (Å²) in [6.07, 6.45) is 2.31. The first-order valence-electron chi connectivity index (χ1n) is 9.07. The molecule has 2 amide bonds. The number of hydrogen-bond donors (Lipinski definition) is 0. The van der Waals surface area contributed by atoms with Gasteiger partial charge < -0.3 is 14.5 Å². The number of tetrazole rings is 1. The maximum Gasteiger partial charge on any atom is 0.244 e. The number of rotatable bonds is 5. The molecule has 2 fully saturated rings. The molecule has 2 atom stereocenters. The van der Waals surface area contributed by atoms with Gasteiger partial charge in [0.2, 0.25) is 11.8 Å². The van der Waals surface area contributed by atoms with Gasteiger partial charge in [0, 0.05) is 32.1 Å². The molecule has 0 unspecified atom stereocenters. The molecule has 4 rings (SSSR count). The van der Waals surface area contributed by atoms with Gasteiger partial charge in [0.05, 0.1) is 7.11 Å². The third-order valence-corrected chi connectivity index (χ3v) is 5.28. The van der Waals surface area contributed by atoms with Crippen molar-refractivity contribution < 1.29 is 14.3 Å². The molecule has 9 nitrogen and oxygen atoms in total. The Bertz CT molecular complexity index is 799. The van der Waals surface area contributed by atoms with Crippen molar-refractivity contribution in [3.05, 3.63) is 36.2 Å². The molecule has 1 aromatic heterocycles. The van der Waals surface area contributed by atoms with Gasteiger partial charge >= 0.3 is 0 Å². The van der Waals surface area contributed by atoms with Crippen molar-refractivity contribution in [3.63, 3.8) is 0 Å². The molecular formula is C18H22N6O3. The van der Waals surface area contributed by atoms with Crippen LogP contribution < -0.4 is 4.74 Å². The van der Waals surface area contributed by atoms with Crippen molar-refractivity contribution in [2.45, 2.75) is 18.9 Å². The lowest BCUT2D eigenvalue weighted by molar-refractivity contribution is -0.140. The summed E-state index contributed by atoms with van der Waals surface area (Å²) in [7, 11) is 1.64. The standard InChI is InChI=1S/C18H22N6O3/c1-27-14-4-2-13(3-5-14)15-10-16(15)18(26)23-8-6-22(7-9-23)17(25)11-24-12-19-20-21-24/h2-5,12,15-16H,6-11H2,1H3/t15-,16+/m0/s1. The first-order valence-corrected chi connectivity index (χ1v) is 9.07. The van der Waals surface area contributed by atoms with Crippen LogP contribution in [0.2, 0.25) is 0 Å². The van der Waals surface area contributed by atoms with E-state index >= 15 is 0 Å². The van der Waals surface area contributed by atoms with E-state index in [4.69, 9.17) is 4.74 Å². The van der Waals surface area contributed by atoms with E-state index in [9.17, 15) is 9.59 Å². The highest BCUT2D eigenvalue weighted by Crippen LogP contribution is 2.48. The molecule has 1 aromatic carbocycles. The molecule has 9 heteroatoms. The van der Waals surface area contributed by atoms with Crippen molar-refractivity contribution in [1.82, 2.24) is 30.0 Å². The lowest BCUT2D eigenvalue weighted by Crippen LogP contribution is -2.51. The van der Waals surface area contributed by atoms with Gasteiger partial charge in [-0.1, -0.05) is 12.1 Å². The maximum atomic E-state index is 12.8. The van der Waals surface area contributed by atoms with Crippen molar-refractivity contribution in [1.29, 1.82) is 0 Å². The summed E-state index contributed by atoms with van der Waals surface area (Å²) >= 11 is 0. The number of hydrogen-bond acceptors (Lipinski definition) is 6. The van der Waals surface area contributed by atoms with Gasteiger partial charge in [-0.15, -0.1) is 5.10 Å². The topological polar surface area (TPSA) is 93.5 Å². The van der Waals surface area contributed by atoms with Crippen LogP contribution in [0.3, 0.4) is 0 Å². The zero-order valence-electron chi connectivity index (χ0n) is 15.2. The summed E-state index contributed by atoms with van der Waals surface area (Å²) in [5.41, 5.74) is 1.18. The quantitative estimate of drug-likeness (QED) is 0.744. The Hall–Kier alpha value is -2.97. The Balaban J connectivity index is 1.27. The number of piperazine rings is 1. The highest BCUT2D eigenvalue weighted by Gasteiger charge is 2.46. The number of methoxy groups -OCH3 is 1. The van der Waals surface area contributed by atoms with Gasteiger partial charge in [0.1, 0.15) is 18.6 Å². The molecule has 1 saturated carbocycles. The van der Waals surface area contributed by atoms with E-state index in [0.717, 1.165) is 12.2 Å². The molecule has 0 bridgehead atoms.